The van der Waals surface area contributed by atoms with Crippen molar-refractivity contribution in [2.24, 2.45) is 5.92 Å². The number of para-hydroxylation sites is 1. The van der Waals surface area contributed by atoms with Crippen LogP contribution in [0.4, 0.5) is 11.4 Å². The van der Waals surface area contributed by atoms with E-state index in [1.807, 2.05) is 25.1 Å². The van der Waals surface area contributed by atoms with Gasteiger partial charge in [0.15, 0.2) is 5.69 Å². The number of amides is 1. The van der Waals surface area contributed by atoms with Crippen LogP contribution in [0.5, 0.6) is 0 Å². The van der Waals surface area contributed by atoms with Crippen molar-refractivity contribution in [2.75, 3.05) is 17.2 Å². The molecule has 1 aliphatic rings. The zero-order chi connectivity index (χ0) is 14.8. The first kappa shape index (κ1) is 13.7. The fraction of sp³-hybridized carbons (Fsp3) is 0.375. The van der Waals surface area contributed by atoms with Crippen molar-refractivity contribution >= 4 is 28.3 Å². The largest absolute Gasteiger partial charge is 0.421 e. The summed E-state index contributed by atoms with van der Waals surface area (Å²) in [5, 5.41) is 6.77. The molecule has 0 spiro atoms. The van der Waals surface area contributed by atoms with Crippen LogP contribution >= 0.6 is 0 Å². The average molecular weight is 286 g/mol. The highest BCUT2D eigenvalue weighted by atomic mass is 16.4. The molecule has 0 unspecified atom stereocenters. The molecule has 1 fully saturated rings. The third-order valence-corrected chi connectivity index (χ3v) is 3.56. The van der Waals surface area contributed by atoms with Crippen molar-refractivity contribution in [3.8, 4) is 0 Å². The molecule has 0 saturated heterocycles. The van der Waals surface area contributed by atoms with E-state index in [4.69, 9.17) is 4.42 Å². The Labute approximate surface area is 122 Å². The molecule has 5 heteroatoms. The first-order valence-electron chi connectivity index (χ1n) is 7.31. The van der Waals surface area contributed by atoms with Gasteiger partial charge in [-0.15, -0.1) is 0 Å². The van der Waals surface area contributed by atoms with Gasteiger partial charge in [-0.1, -0.05) is 19.1 Å². The van der Waals surface area contributed by atoms with Crippen LogP contribution in [0.15, 0.2) is 33.5 Å². The summed E-state index contributed by atoms with van der Waals surface area (Å²) in [6, 6.07) is 7.33. The highest BCUT2D eigenvalue weighted by Gasteiger charge is 2.31. The van der Waals surface area contributed by atoms with Gasteiger partial charge in [-0.3, -0.25) is 4.79 Å². The zero-order valence-electron chi connectivity index (χ0n) is 11.9. The minimum atomic E-state index is -0.513. The van der Waals surface area contributed by atoms with E-state index in [-0.39, 0.29) is 17.5 Å². The van der Waals surface area contributed by atoms with Gasteiger partial charge >= 0.3 is 5.63 Å². The van der Waals surface area contributed by atoms with Crippen LogP contribution in [0.25, 0.3) is 11.0 Å². The molecule has 1 heterocycles. The number of benzene rings is 1. The Morgan fingerprint density at radius 1 is 1.29 bits per heavy atom. The van der Waals surface area contributed by atoms with Gasteiger partial charge in [0.1, 0.15) is 5.58 Å². The lowest BCUT2D eigenvalue weighted by molar-refractivity contribution is -0.117. The van der Waals surface area contributed by atoms with Gasteiger partial charge in [-0.25, -0.2) is 4.79 Å². The van der Waals surface area contributed by atoms with Crippen molar-refractivity contribution in [1.82, 2.24) is 0 Å². The van der Waals surface area contributed by atoms with Gasteiger partial charge in [0.05, 0.1) is 5.69 Å². The Bertz CT molecular complexity index is 732. The summed E-state index contributed by atoms with van der Waals surface area (Å²) in [6.45, 7) is 2.77. The summed E-state index contributed by atoms with van der Waals surface area (Å²) in [5.41, 5.74) is 0.878. The first-order chi connectivity index (χ1) is 10.2. The van der Waals surface area contributed by atoms with Crippen molar-refractivity contribution < 1.29 is 9.21 Å². The van der Waals surface area contributed by atoms with E-state index in [9.17, 15) is 9.59 Å². The number of rotatable bonds is 5. The second kappa shape index (κ2) is 5.60. The lowest BCUT2D eigenvalue weighted by Crippen LogP contribution is -2.21. The first-order valence-corrected chi connectivity index (χ1v) is 7.31. The van der Waals surface area contributed by atoms with E-state index < -0.39 is 5.63 Å². The summed E-state index contributed by atoms with van der Waals surface area (Å²) in [4.78, 5) is 24.1. The maximum Gasteiger partial charge on any atom is 0.362 e. The van der Waals surface area contributed by atoms with Crippen LogP contribution in [0, 0.1) is 5.92 Å². The van der Waals surface area contributed by atoms with E-state index in [0.29, 0.717) is 11.3 Å². The van der Waals surface area contributed by atoms with Gasteiger partial charge < -0.3 is 15.1 Å². The van der Waals surface area contributed by atoms with Crippen molar-refractivity contribution in [1.29, 1.82) is 0 Å². The average Bonchev–Trinajstić information content (AvgIpc) is 3.31. The van der Waals surface area contributed by atoms with Gasteiger partial charge in [0.2, 0.25) is 5.91 Å². The zero-order valence-corrected chi connectivity index (χ0v) is 11.9. The van der Waals surface area contributed by atoms with Crippen molar-refractivity contribution in [3.63, 3.8) is 0 Å². The highest BCUT2D eigenvalue weighted by Crippen LogP contribution is 2.33. The van der Waals surface area contributed by atoms with E-state index in [0.717, 1.165) is 31.2 Å². The Morgan fingerprint density at radius 3 is 2.76 bits per heavy atom. The lowest BCUT2D eigenvalue weighted by atomic mass is 10.1. The number of anilines is 2. The van der Waals surface area contributed by atoms with Crippen LogP contribution in [0.1, 0.15) is 26.2 Å². The Hall–Kier alpha value is -2.30. The fourth-order valence-corrected chi connectivity index (χ4v) is 2.27. The predicted molar refractivity (Wildman–Crippen MR) is 82.6 cm³/mol. The quantitative estimate of drug-likeness (QED) is 0.829. The number of fused-ring (bicyclic) bond motifs is 1. The molecule has 1 aromatic heterocycles. The second-order valence-electron chi connectivity index (χ2n) is 5.33. The molecule has 1 saturated carbocycles. The van der Waals surface area contributed by atoms with E-state index in [1.54, 1.807) is 6.07 Å². The maximum atomic E-state index is 12.2. The van der Waals surface area contributed by atoms with E-state index >= 15 is 0 Å². The smallest absolute Gasteiger partial charge is 0.362 e. The SMILES string of the molecule is CCCNc1c(NC(=O)C2CC2)c(=O)oc2ccccc12. The molecular weight excluding hydrogens is 268 g/mol. The Morgan fingerprint density at radius 2 is 2.05 bits per heavy atom. The Kier molecular flexibility index (Phi) is 3.64. The predicted octanol–water partition coefficient (Wildman–Crippen LogP) is 2.96. The monoisotopic (exact) mass is 286 g/mol. The van der Waals surface area contributed by atoms with Crippen molar-refractivity contribution in [2.45, 2.75) is 26.2 Å². The molecular formula is C16H18N2O3. The molecule has 2 N–H and O–H groups in total. The highest BCUT2D eigenvalue weighted by molar-refractivity contribution is 6.03. The van der Waals surface area contributed by atoms with Gasteiger partial charge in [-0.2, -0.15) is 0 Å². The van der Waals surface area contributed by atoms with Crippen LogP contribution in [-0.4, -0.2) is 12.5 Å². The van der Waals surface area contributed by atoms with Gasteiger partial charge in [-0.05, 0) is 31.4 Å². The molecule has 0 radical (unpaired) electrons. The molecule has 110 valence electrons. The van der Waals surface area contributed by atoms with Crippen LogP contribution in [0.3, 0.4) is 0 Å². The molecule has 2 aromatic rings. The van der Waals surface area contributed by atoms with Crippen molar-refractivity contribution in [3.05, 3.63) is 34.7 Å². The molecule has 1 aliphatic carbocycles. The molecule has 0 atom stereocenters. The number of hydrogen-bond acceptors (Lipinski definition) is 4. The number of carbonyl (C=O) groups is 1. The number of carbonyl (C=O) groups excluding carboxylic acids is 1. The molecule has 5 nitrogen and oxygen atoms in total. The summed E-state index contributed by atoms with van der Waals surface area (Å²) >= 11 is 0. The summed E-state index contributed by atoms with van der Waals surface area (Å²) in [6.07, 6.45) is 2.70. The summed E-state index contributed by atoms with van der Waals surface area (Å²) in [7, 11) is 0. The van der Waals surface area contributed by atoms with Crippen LogP contribution in [-0.2, 0) is 4.79 Å². The third kappa shape index (κ3) is 2.77. The maximum absolute atomic E-state index is 12.2. The third-order valence-electron chi connectivity index (χ3n) is 3.56. The normalized spacial score (nSPS) is 14.1. The van der Waals surface area contributed by atoms with E-state index in [1.165, 1.54) is 0 Å². The van der Waals surface area contributed by atoms with Crippen LogP contribution < -0.4 is 16.3 Å². The minimum absolute atomic E-state index is 0.0369. The Balaban J connectivity index is 2.08. The van der Waals surface area contributed by atoms with Gasteiger partial charge in [0.25, 0.3) is 0 Å². The molecule has 21 heavy (non-hydrogen) atoms. The minimum Gasteiger partial charge on any atom is -0.421 e. The summed E-state index contributed by atoms with van der Waals surface area (Å²) in [5.74, 6) is -0.0629. The summed E-state index contributed by atoms with van der Waals surface area (Å²) < 4.78 is 5.30. The van der Waals surface area contributed by atoms with E-state index in [2.05, 4.69) is 10.6 Å². The van der Waals surface area contributed by atoms with Crippen LogP contribution in [0.2, 0.25) is 0 Å². The molecule has 1 amide bonds. The molecule has 1 aromatic carbocycles. The molecule has 3 rings (SSSR count). The molecule has 0 bridgehead atoms. The molecule has 0 aliphatic heterocycles. The fourth-order valence-electron chi connectivity index (χ4n) is 2.27. The standard InChI is InChI=1S/C16H18N2O3/c1-2-9-17-13-11-5-3-4-6-12(11)21-16(20)14(13)18-15(19)10-7-8-10/h3-6,10,17H,2,7-9H2,1H3,(H,18,19). The topological polar surface area (TPSA) is 71.3 Å². The number of nitrogens with one attached hydrogen (secondary N) is 2. The lowest BCUT2D eigenvalue weighted by Gasteiger charge is -2.13. The number of hydrogen-bond donors (Lipinski definition) is 2. The van der Waals surface area contributed by atoms with Gasteiger partial charge in [0, 0.05) is 17.8 Å². The second-order valence-corrected chi connectivity index (χ2v) is 5.33.